The molecular weight excluding hydrogens is 404 g/mol. The van der Waals surface area contributed by atoms with Crippen molar-refractivity contribution in [2.75, 3.05) is 27.2 Å². The van der Waals surface area contributed by atoms with Gasteiger partial charge in [0.05, 0.1) is 0 Å². The van der Waals surface area contributed by atoms with E-state index in [-0.39, 0.29) is 5.91 Å². The summed E-state index contributed by atoms with van der Waals surface area (Å²) in [6.45, 7) is 5.31. The Kier molecular flexibility index (Phi) is 26.5. The van der Waals surface area contributed by atoms with Gasteiger partial charge in [-0.1, -0.05) is 70.4 Å². The van der Waals surface area contributed by atoms with E-state index in [0.717, 1.165) is 25.9 Å². The van der Waals surface area contributed by atoms with E-state index in [0.29, 0.717) is 6.42 Å². The van der Waals surface area contributed by atoms with Crippen LogP contribution in [0.15, 0.2) is 12.2 Å². The smallest absolute Gasteiger partial charge is 0.332 e. The summed E-state index contributed by atoms with van der Waals surface area (Å²) >= 11 is 0. The fourth-order valence-corrected chi connectivity index (χ4v) is 3.07. The third kappa shape index (κ3) is 30.8. The van der Waals surface area contributed by atoms with Gasteiger partial charge in [0.25, 0.3) is 0 Å². The highest BCUT2D eigenvalue weighted by Crippen LogP contribution is 2.09. The topological polar surface area (TPSA) is 89.9 Å². The van der Waals surface area contributed by atoms with Crippen molar-refractivity contribution in [2.24, 2.45) is 0 Å². The lowest BCUT2D eigenvalue weighted by Crippen LogP contribution is -2.26. The van der Waals surface area contributed by atoms with Crippen LogP contribution in [0.1, 0.15) is 110 Å². The number of carboxylic acid groups (broad SMARTS) is 1. The molecule has 0 radical (unpaired) electrons. The molecule has 3 N–H and O–H groups in total. The molecule has 0 saturated carbocycles. The lowest BCUT2D eigenvalue weighted by atomic mass is 10.1. The number of carbonyl (C=O) groups excluding carboxylic acids is 1. The molecule has 0 bridgehead atoms. The number of aliphatic hydroxyl groups is 1. The van der Waals surface area contributed by atoms with Crippen molar-refractivity contribution >= 4 is 11.9 Å². The van der Waals surface area contributed by atoms with Gasteiger partial charge in [0.2, 0.25) is 5.91 Å². The maximum atomic E-state index is 11.7. The maximum Gasteiger partial charge on any atom is 0.332 e. The van der Waals surface area contributed by atoms with Crippen LogP contribution in [0.4, 0.5) is 0 Å². The summed E-state index contributed by atoms with van der Waals surface area (Å²) in [5.74, 6) is -0.962. The quantitative estimate of drug-likeness (QED) is 0.165. The summed E-state index contributed by atoms with van der Waals surface area (Å²) in [4.78, 5) is 23.3. The number of carboxylic acids is 1. The highest BCUT2D eigenvalue weighted by atomic mass is 16.4. The van der Waals surface area contributed by atoms with E-state index >= 15 is 0 Å². The van der Waals surface area contributed by atoms with Crippen LogP contribution in [0.2, 0.25) is 0 Å². The van der Waals surface area contributed by atoms with Crippen molar-refractivity contribution < 1.29 is 19.8 Å². The molecule has 0 aromatic heterocycles. The third-order valence-electron chi connectivity index (χ3n) is 5.13. The summed E-state index contributed by atoms with van der Waals surface area (Å²) in [6.07, 6.45) is 22.1. The zero-order chi connectivity index (χ0) is 24.5. The lowest BCUT2D eigenvalue weighted by molar-refractivity contribution is -0.145. The van der Waals surface area contributed by atoms with Crippen LogP contribution in [-0.2, 0) is 9.59 Å². The molecule has 0 aliphatic carbocycles. The Balaban J connectivity index is 0. The Morgan fingerprint density at radius 2 is 1.31 bits per heavy atom. The van der Waals surface area contributed by atoms with Gasteiger partial charge in [-0.3, -0.25) is 4.79 Å². The van der Waals surface area contributed by atoms with E-state index in [9.17, 15) is 9.59 Å². The fourth-order valence-electron chi connectivity index (χ4n) is 3.07. The van der Waals surface area contributed by atoms with E-state index in [1.54, 1.807) is 0 Å². The summed E-state index contributed by atoms with van der Waals surface area (Å²) in [7, 11) is 4.13. The average Bonchev–Trinajstić information content (AvgIpc) is 2.74. The number of nitrogens with one attached hydrogen (secondary N) is 1. The molecule has 0 aliphatic heterocycles. The number of aliphatic carboxylic acids is 1. The van der Waals surface area contributed by atoms with E-state index < -0.39 is 12.1 Å². The van der Waals surface area contributed by atoms with Gasteiger partial charge in [-0.25, -0.2) is 4.79 Å². The SMILES string of the molecule is CC(O)C(=O)O.CCCCCCCCC=CCCCCCCCC(=O)NCCCN(C)C. The monoisotopic (exact) mass is 456 g/mol. The molecule has 1 atom stereocenters. The second kappa shape index (κ2) is 25.9. The minimum absolute atomic E-state index is 0.224. The molecule has 0 heterocycles. The number of rotatable bonds is 20. The van der Waals surface area contributed by atoms with Gasteiger partial charge < -0.3 is 20.4 Å². The molecule has 1 unspecified atom stereocenters. The summed E-state index contributed by atoms with van der Waals surface area (Å²) < 4.78 is 0. The van der Waals surface area contributed by atoms with Crippen LogP contribution in [0.25, 0.3) is 0 Å². The minimum Gasteiger partial charge on any atom is -0.479 e. The molecule has 0 aromatic carbocycles. The van der Waals surface area contributed by atoms with Crippen molar-refractivity contribution in [1.82, 2.24) is 10.2 Å². The van der Waals surface area contributed by atoms with E-state index in [4.69, 9.17) is 10.2 Å². The molecule has 0 fully saturated rings. The van der Waals surface area contributed by atoms with Gasteiger partial charge >= 0.3 is 5.97 Å². The first-order valence-electron chi connectivity index (χ1n) is 12.8. The zero-order valence-corrected chi connectivity index (χ0v) is 21.4. The van der Waals surface area contributed by atoms with Gasteiger partial charge in [-0.15, -0.1) is 0 Å². The Morgan fingerprint density at radius 1 is 0.844 bits per heavy atom. The number of nitrogens with zero attached hydrogens (tertiary/aromatic N) is 1. The van der Waals surface area contributed by atoms with Crippen LogP contribution in [-0.4, -0.2) is 60.3 Å². The van der Waals surface area contributed by atoms with Gasteiger partial charge in [-0.05, 0) is 66.1 Å². The number of aliphatic hydroxyl groups excluding tert-OH is 1. The molecule has 0 spiro atoms. The molecule has 0 rings (SSSR count). The summed E-state index contributed by atoms with van der Waals surface area (Å²) in [5.41, 5.74) is 0. The van der Waals surface area contributed by atoms with Gasteiger partial charge in [0, 0.05) is 13.0 Å². The maximum absolute atomic E-state index is 11.7. The Labute approximate surface area is 197 Å². The Bertz CT molecular complexity index is 451. The molecule has 6 heteroatoms. The van der Waals surface area contributed by atoms with Gasteiger partial charge in [0.15, 0.2) is 0 Å². The first-order chi connectivity index (χ1) is 15.3. The number of unbranched alkanes of at least 4 members (excludes halogenated alkanes) is 11. The van der Waals surface area contributed by atoms with Crippen LogP contribution >= 0.6 is 0 Å². The first-order valence-corrected chi connectivity index (χ1v) is 12.8. The molecule has 32 heavy (non-hydrogen) atoms. The Morgan fingerprint density at radius 3 is 1.78 bits per heavy atom. The van der Waals surface area contributed by atoms with Crippen molar-refractivity contribution in [1.29, 1.82) is 0 Å². The number of amides is 1. The summed E-state index contributed by atoms with van der Waals surface area (Å²) in [6, 6.07) is 0. The predicted molar refractivity (Wildman–Crippen MR) is 135 cm³/mol. The third-order valence-corrected chi connectivity index (χ3v) is 5.13. The van der Waals surface area contributed by atoms with Crippen LogP contribution < -0.4 is 5.32 Å². The normalized spacial score (nSPS) is 11.9. The van der Waals surface area contributed by atoms with E-state index in [1.165, 1.54) is 84.0 Å². The molecule has 190 valence electrons. The number of allylic oxidation sites excluding steroid dienone is 2. The second-order valence-corrected chi connectivity index (χ2v) is 8.86. The minimum atomic E-state index is -1.23. The average molecular weight is 457 g/mol. The number of hydrogen-bond acceptors (Lipinski definition) is 4. The molecular formula is C26H52N2O4. The van der Waals surface area contributed by atoms with E-state index in [2.05, 4.69) is 43.4 Å². The standard InChI is InChI=1S/C23H46N2O.C3H6O3/c1-4-5-6-7-8-9-10-11-12-13-14-15-16-17-18-20-23(26)24-21-19-22-25(2)3;1-2(4)3(5)6/h11-12H,4-10,13-22H2,1-3H3,(H,24,26);2,4H,1H3,(H,5,6). The molecule has 6 nitrogen and oxygen atoms in total. The zero-order valence-electron chi connectivity index (χ0n) is 21.4. The van der Waals surface area contributed by atoms with Crippen molar-refractivity contribution in [3.8, 4) is 0 Å². The Hall–Kier alpha value is -1.40. The molecule has 0 saturated heterocycles. The first kappa shape index (κ1) is 32.8. The summed E-state index contributed by atoms with van der Waals surface area (Å²) in [5, 5.41) is 18.8. The lowest BCUT2D eigenvalue weighted by Gasteiger charge is -2.09. The van der Waals surface area contributed by atoms with E-state index in [1.807, 2.05) is 0 Å². The van der Waals surface area contributed by atoms with Gasteiger partial charge in [0.1, 0.15) is 6.10 Å². The number of hydrogen-bond donors (Lipinski definition) is 3. The highest BCUT2D eigenvalue weighted by Gasteiger charge is 2.02. The predicted octanol–water partition coefficient (Wildman–Crippen LogP) is 5.54. The highest BCUT2D eigenvalue weighted by molar-refractivity contribution is 5.75. The second-order valence-electron chi connectivity index (χ2n) is 8.86. The largest absolute Gasteiger partial charge is 0.479 e. The van der Waals surface area contributed by atoms with Crippen LogP contribution in [0.3, 0.4) is 0 Å². The molecule has 0 aliphatic rings. The van der Waals surface area contributed by atoms with Crippen LogP contribution in [0, 0.1) is 0 Å². The molecule has 1 amide bonds. The van der Waals surface area contributed by atoms with Crippen molar-refractivity contribution in [3.05, 3.63) is 12.2 Å². The number of carbonyl (C=O) groups is 2. The molecule has 0 aromatic rings. The van der Waals surface area contributed by atoms with Crippen molar-refractivity contribution in [2.45, 2.75) is 116 Å². The van der Waals surface area contributed by atoms with Crippen molar-refractivity contribution in [3.63, 3.8) is 0 Å². The fraction of sp³-hybridized carbons (Fsp3) is 0.846. The van der Waals surface area contributed by atoms with Crippen LogP contribution in [0.5, 0.6) is 0 Å². The van der Waals surface area contributed by atoms with Gasteiger partial charge in [-0.2, -0.15) is 0 Å².